The van der Waals surface area contributed by atoms with E-state index in [0.717, 1.165) is 40.0 Å². The standard InChI is InChI=1S/C53H70N10O24P4S/c1-31(64)60-37(49(69)61-36-11-7-8-21-62(51(36)71)25-32-12-15-35(16-13-32)34-9-5-4-6-10-34)23-33-14-17-38(40(24-33)88(72,73)74)82-27-42(66)92-22-20-55-41(65)18-19-56-50(70)46(68)53(2,3)28-84-91(80,81)87-90(78,79)83-26-39-45(86-89(75,76)77)44(67)52(85-39)63-30-59-43-47(54)57-29-58-48(43)63/h4-6,9-10,12-17,24,29-30,36-37,39,44-46,52,67-68H,7-8,11,18-23,25-28H2,1-3H3,(H,55,65)(H,56,70)(H,60,64)(H,61,69)(H,78,79)(H,80,81)(H2,54,57,58)(H2,72,73,74)(H2,75,76,77). The number of aromatic nitrogens is 4. The van der Waals surface area contributed by atoms with Gasteiger partial charge in [-0.15, -0.1) is 0 Å². The van der Waals surface area contributed by atoms with E-state index in [9.17, 15) is 86.6 Å². The van der Waals surface area contributed by atoms with E-state index in [4.69, 9.17) is 24.3 Å². The number of rotatable bonds is 31. The zero-order valence-electron chi connectivity index (χ0n) is 49.4. The quantitative estimate of drug-likeness (QED) is 0.0217. The molecule has 39 heteroatoms. The maximum absolute atomic E-state index is 13.8. The number of likely N-dealkylation sites (tertiary alicyclic amines) is 1. The lowest BCUT2D eigenvalue weighted by atomic mass is 9.87. The lowest BCUT2D eigenvalue weighted by Crippen LogP contribution is -2.54. The van der Waals surface area contributed by atoms with Gasteiger partial charge in [-0.05, 0) is 53.6 Å². The summed E-state index contributed by atoms with van der Waals surface area (Å²) in [6.07, 6.45) is -6.02. The molecule has 7 rings (SSSR count). The van der Waals surface area contributed by atoms with Crippen LogP contribution < -0.4 is 37.0 Å². The van der Waals surface area contributed by atoms with Crippen LogP contribution >= 0.6 is 42.8 Å². The van der Waals surface area contributed by atoms with Crippen molar-refractivity contribution >= 4 is 99.8 Å². The van der Waals surface area contributed by atoms with Crippen LogP contribution in [-0.2, 0) is 82.6 Å². The van der Waals surface area contributed by atoms with Crippen molar-refractivity contribution in [2.45, 2.75) is 102 Å². The van der Waals surface area contributed by atoms with Crippen LogP contribution in [0.2, 0.25) is 0 Å². The predicted molar refractivity (Wildman–Crippen MR) is 325 cm³/mol. The van der Waals surface area contributed by atoms with Crippen LogP contribution in [0.4, 0.5) is 5.82 Å². The number of phosphoric acid groups is 3. The number of amides is 5. The Kier molecular flexibility index (Phi) is 25.1. The zero-order chi connectivity index (χ0) is 67.3. The fraction of sp³-hybridized carbons (Fsp3) is 0.453. The number of benzene rings is 3. The van der Waals surface area contributed by atoms with Gasteiger partial charge in [-0.3, -0.25) is 51.5 Å². The van der Waals surface area contributed by atoms with Crippen molar-refractivity contribution in [2.24, 2.45) is 5.41 Å². The Hall–Kier alpha value is -6.42. The normalized spacial score (nSPS) is 20.1. The topological polar surface area (TPSA) is 509 Å². The maximum Gasteiger partial charge on any atom is 0.481 e. The minimum absolute atomic E-state index is 0.0000413. The Morgan fingerprint density at radius 3 is 2.23 bits per heavy atom. The summed E-state index contributed by atoms with van der Waals surface area (Å²) in [6.45, 7) is 1.11. The lowest BCUT2D eigenvalue weighted by Gasteiger charge is -2.30. The third-order valence-electron chi connectivity index (χ3n) is 14.1. The van der Waals surface area contributed by atoms with Gasteiger partial charge in [0.15, 0.2) is 24.3 Å². The molecular weight excluding hydrogens is 1320 g/mol. The van der Waals surface area contributed by atoms with E-state index in [2.05, 4.69) is 45.1 Å². The molecule has 2 saturated heterocycles. The Bertz CT molecular complexity index is 3660. The van der Waals surface area contributed by atoms with Crippen molar-refractivity contribution in [3.63, 3.8) is 0 Å². The minimum Gasteiger partial charge on any atom is -0.484 e. The van der Waals surface area contributed by atoms with Crippen LogP contribution in [0.15, 0.2) is 85.5 Å². The van der Waals surface area contributed by atoms with Crippen molar-refractivity contribution < 1.29 is 114 Å². The van der Waals surface area contributed by atoms with Crippen molar-refractivity contribution in [1.29, 1.82) is 0 Å². The van der Waals surface area contributed by atoms with Crippen molar-refractivity contribution in [1.82, 2.24) is 45.7 Å². The number of imidazole rings is 1. The molecule has 2 aliphatic heterocycles. The fourth-order valence-corrected chi connectivity index (χ4v) is 13.7. The SMILES string of the molecule is CC(=O)NC(Cc1ccc(OCC(=O)SCCNC(=O)CCNC(=O)C(O)C(C)(C)COP(=O)(O)OP(=O)(O)OCC2OC(n3cnc4c(N)ncnc43)C(O)C2OP(=O)(O)O)c(P(=O)(O)O)c1)C(=O)NC1CCCCN(Cc2ccc(-c3ccccc3)cc2)C1=O. The van der Waals surface area contributed by atoms with Crippen LogP contribution in [0, 0.1) is 5.41 Å². The van der Waals surface area contributed by atoms with Crippen molar-refractivity contribution in [3.8, 4) is 16.9 Å². The molecule has 34 nitrogen and oxygen atoms in total. The summed E-state index contributed by atoms with van der Waals surface area (Å²) >= 11 is 0.708. The summed E-state index contributed by atoms with van der Waals surface area (Å²) in [6, 6.07) is 19.2. The van der Waals surface area contributed by atoms with Crippen LogP contribution in [0.1, 0.15) is 63.8 Å². The predicted octanol–water partition coefficient (Wildman–Crippen LogP) is 0.958. The highest BCUT2D eigenvalue weighted by atomic mass is 32.2. The van der Waals surface area contributed by atoms with Gasteiger partial charge in [-0.2, -0.15) is 4.31 Å². The molecule has 502 valence electrons. The molecule has 14 N–H and O–H groups in total. The molecule has 2 aliphatic rings. The van der Waals surface area contributed by atoms with Gasteiger partial charge >= 0.3 is 31.1 Å². The first kappa shape index (κ1) is 73.0. The second-order valence-corrected chi connectivity index (χ2v) is 28.7. The number of nitrogens with one attached hydrogen (secondary N) is 4. The molecule has 4 heterocycles. The number of anilines is 1. The first-order chi connectivity index (χ1) is 43.2. The summed E-state index contributed by atoms with van der Waals surface area (Å²) in [5, 5.41) is 30.7. The van der Waals surface area contributed by atoms with Crippen LogP contribution in [-0.4, -0.2) is 180 Å². The summed E-state index contributed by atoms with van der Waals surface area (Å²) in [5.41, 5.74) is 7.27. The molecule has 9 atom stereocenters. The Morgan fingerprint density at radius 1 is 0.859 bits per heavy atom. The number of nitrogen functional groups attached to an aromatic ring is 1. The number of ether oxygens (including phenoxy) is 2. The molecule has 5 aromatic rings. The molecule has 5 amide bonds. The number of fused-ring (bicyclic) bond motifs is 1. The number of phosphoric ester groups is 3. The van der Waals surface area contributed by atoms with E-state index in [-0.39, 0.29) is 65.9 Å². The molecular formula is C53H70N10O24P4S. The number of hydrogen-bond donors (Lipinski definition) is 13. The van der Waals surface area contributed by atoms with E-state index in [1.807, 2.05) is 54.6 Å². The van der Waals surface area contributed by atoms with Gasteiger partial charge in [0.05, 0.1) is 19.5 Å². The number of carbonyl (C=O) groups is 6. The zero-order valence-corrected chi connectivity index (χ0v) is 53.8. The molecule has 0 bridgehead atoms. The average molecular weight is 1390 g/mol. The number of aliphatic hydroxyl groups excluding tert-OH is 2. The van der Waals surface area contributed by atoms with Gasteiger partial charge in [0.2, 0.25) is 34.7 Å². The molecule has 0 aliphatic carbocycles. The molecule has 0 radical (unpaired) electrons. The van der Waals surface area contributed by atoms with Gasteiger partial charge in [0.1, 0.15) is 59.4 Å². The largest absolute Gasteiger partial charge is 0.484 e. The van der Waals surface area contributed by atoms with Gasteiger partial charge in [-0.25, -0.2) is 28.6 Å². The summed E-state index contributed by atoms with van der Waals surface area (Å²) < 4.78 is 80.9. The number of nitrogens with zero attached hydrogens (tertiary/aromatic N) is 5. The van der Waals surface area contributed by atoms with E-state index in [0.29, 0.717) is 44.1 Å². The second-order valence-electron chi connectivity index (χ2n) is 21.8. The summed E-state index contributed by atoms with van der Waals surface area (Å²) in [5.74, 6) is -3.69. The Labute approximate surface area is 529 Å². The first-order valence-corrected chi connectivity index (χ1v) is 35.2. The van der Waals surface area contributed by atoms with Gasteiger partial charge in [0.25, 0.3) is 0 Å². The molecule has 2 fully saturated rings. The molecule has 2 aromatic heterocycles. The van der Waals surface area contributed by atoms with E-state index in [1.54, 1.807) is 4.90 Å². The fourth-order valence-electron chi connectivity index (χ4n) is 9.53. The third-order valence-corrected chi connectivity index (χ3v) is 19.0. The lowest BCUT2D eigenvalue weighted by molar-refractivity contribution is -0.137. The molecule has 92 heavy (non-hydrogen) atoms. The number of thioether (sulfide) groups is 1. The monoisotopic (exact) mass is 1390 g/mol. The van der Waals surface area contributed by atoms with Crippen LogP contribution in [0.3, 0.4) is 0 Å². The molecule has 9 unspecified atom stereocenters. The smallest absolute Gasteiger partial charge is 0.481 e. The first-order valence-electron chi connectivity index (χ1n) is 28.1. The highest BCUT2D eigenvalue weighted by Crippen LogP contribution is 2.61. The molecule has 0 saturated carbocycles. The Morgan fingerprint density at radius 2 is 1.54 bits per heavy atom. The molecule has 3 aromatic carbocycles. The highest BCUT2D eigenvalue weighted by molar-refractivity contribution is 8.13. The number of nitrogens with two attached hydrogens (primary N) is 1. The van der Waals surface area contributed by atoms with Gasteiger partial charge in [0, 0.05) is 57.1 Å². The van der Waals surface area contributed by atoms with E-state index < -0.39 is 133 Å². The van der Waals surface area contributed by atoms with Crippen LogP contribution in [0.5, 0.6) is 5.75 Å². The average Bonchev–Trinajstić information content (AvgIpc) is 1.60. The maximum atomic E-state index is 13.8. The van der Waals surface area contributed by atoms with Crippen LogP contribution in [0.25, 0.3) is 22.3 Å². The third kappa shape index (κ3) is 21.0. The summed E-state index contributed by atoms with van der Waals surface area (Å²) in [4.78, 5) is 152. The molecule has 0 spiro atoms. The van der Waals surface area contributed by atoms with Crippen molar-refractivity contribution in [3.05, 3.63) is 96.6 Å². The van der Waals surface area contributed by atoms with E-state index in [1.165, 1.54) is 32.9 Å². The highest BCUT2D eigenvalue weighted by Gasteiger charge is 2.50. The van der Waals surface area contributed by atoms with Gasteiger partial charge in [-0.1, -0.05) is 86.3 Å². The number of carbonyl (C=O) groups excluding carboxylic acids is 6. The van der Waals surface area contributed by atoms with E-state index >= 15 is 0 Å². The van der Waals surface area contributed by atoms with Crippen molar-refractivity contribution in [2.75, 3.05) is 50.9 Å². The summed E-state index contributed by atoms with van der Waals surface area (Å²) in [7, 11) is -21.7. The number of hydrogen-bond acceptors (Lipinski definition) is 23. The minimum atomic E-state index is -5.66. The van der Waals surface area contributed by atoms with Gasteiger partial charge < -0.3 is 80.9 Å². The second kappa shape index (κ2) is 31.7. The Balaban J connectivity index is 0.808. The number of aliphatic hydroxyl groups is 2.